The van der Waals surface area contributed by atoms with E-state index in [1.54, 1.807) is 23.1 Å². The van der Waals surface area contributed by atoms with E-state index in [0.29, 0.717) is 18.4 Å². The average Bonchev–Trinajstić information content (AvgIpc) is 3.02. The number of pyridine rings is 1. The molecular formula is C17H14F2N4O2. The van der Waals surface area contributed by atoms with Crippen LogP contribution in [0.3, 0.4) is 0 Å². The number of rotatable bonds is 6. The van der Waals surface area contributed by atoms with Gasteiger partial charge in [-0.15, -0.1) is 0 Å². The Hall–Kier alpha value is -3.29. The molecular weight excluding hydrogens is 330 g/mol. The van der Waals surface area contributed by atoms with Crippen molar-refractivity contribution >= 4 is 11.7 Å². The third kappa shape index (κ3) is 4.60. The highest BCUT2D eigenvalue weighted by atomic mass is 19.1. The van der Waals surface area contributed by atoms with E-state index < -0.39 is 24.1 Å². The van der Waals surface area contributed by atoms with Crippen LogP contribution in [0.4, 0.5) is 14.6 Å². The van der Waals surface area contributed by atoms with Gasteiger partial charge in [0.15, 0.2) is 24.0 Å². The molecule has 3 aromatic rings. The predicted molar refractivity (Wildman–Crippen MR) is 86.0 cm³/mol. The quantitative estimate of drug-likeness (QED) is 0.746. The summed E-state index contributed by atoms with van der Waals surface area (Å²) in [5, 5.41) is 6.73. The van der Waals surface area contributed by atoms with E-state index in [1.807, 2.05) is 18.2 Å². The van der Waals surface area contributed by atoms with Gasteiger partial charge in [-0.25, -0.2) is 8.78 Å². The molecule has 0 unspecified atom stereocenters. The van der Waals surface area contributed by atoms with E-state index >= 15 is 0 Å². The summed E-state index contributed by atoms with van der Waals surface area (Å²) >= 11 is 0. The maximum absolute atomic E-state index is 13.4. The number of carbonyl (C=O) groups is 1. The van der Waals surface area contributed by atoms with Gasteiger partial charge >= 0.3 is 0 Å². The number of benzene rings is 1. The Balaban J connectivity index is 1.53. The zero-order valence-corrected chi connectivity index (χ0v) is 13.0. The highest BCUT2D eigenvalue weighted by Gasteiger charge is 2.10. The zero-order chi connectivity index (χ0) is 17.6. The molecule has 0 fully saturated rings. The van der Waals surface area contributed by atoms with Crippen molar-refractivity contribution in [2.45, 2.75) is 6.54 Å². The second kappa shape index (κ2) is 7.52. The molecule has 0 aliphatic rings. The number of aromatic nitrogens is 3. The summed E-state index contributed by atoms with van der Waals surface area (Å²) in [6.07, 6.45) is 3.39. The summed E-state index contributed by atoms with van der Waals surface area (Å²) < 4.78 is 32.9. The van der Waals surface area contributed by atoms with Crippen LogP contribution in [0.2, 0.25) is 0 Å². The fraction of sp³-hybridized carbons (Fsp3) is 0.118. The summed E-state index contributed by atoms with van der Waals surface area (Å²) in [5.41, 5.74) is 0.832. The first kappa shape index (κ1) is 16.6. The van der Waals surface area contributed by atoms with Crippen molar-refractivity contribution in [2.24, 2.45) is 0 Å². The van der Waals surface area contributed by atoms with Crippen LogP contribution < -0.4 is 10.1 Å². The standard InChI is InChI=1S/C17H14F2N4O2/c18-12-4-5-15(14(19)9-12)25-11-17(24)21-16-6-8-23(22-16)10-13-3-1-2-7-20-13/h1-9H,10-11H2,(H,21,22,24). The van der Waals surface area contributed by atoms with Gasteiger partial charge in [0.2, 0.25) is 0 Å². The number of nitrogens with one attached hydrogen (secondary N) is 1. The summed E-state index contributed by atoms with van der Waals surface area (Å²) in [7, 11) is 0. The minimum atomic E-state index is -0.868. The molecule has 2 heterocycles. The number of hydrogen-bond donors (Lipinski definition) is 1. The van der Waals surface area contributed by atoms with E-state index in [1.165, 1.54) is 0 Å². The van der Waals surface area contributed by atoms with Gasteiger partial charge in [0.1, 0.15) is 5.82 Å². The first-order valence-corrected chi connectivity index (χ1v) is 7.41. The Labute approximate surface area is 142 Å². The molecule has 1 aromatic carbocycles. The third-order valence-electron chi connectivity index (χ3n) is 3.21. The lowest BCUT2D eigenvalue weighted by Crippen LogP contribution is -2.21. The van der Waals surface area contributed by atoms with E-state index in [4.69, 9.17) is 4.74 Å². The van der Waals surface area contributed by atoms with Gasteiger partial charge in [-0.1, -0.05) is 6.07 Å². The van der Waals surface area contributed by atoms with Gasteiger partial charge in [-0.3, -0.25) is 14.5 Å². The second-order valence-corrected chi connectivity index (χ2v) is 5.13. The highest BCUT2D eigenvalue weighted by molar-refractivity contribution is 5.90. The van der Waals surface area contributed by atoms with Crippen molar-refractivity contribution in [1.29, 1.82) is 0 Å². The van der Waals surface area contributed by atoms with Gasteiger partial charge < -0.3 is 10.1 Å². The van der Waals surface area contributed by atoms with Crippen molar-refractivity contribution in [3.63, 3.8) is 0 Å². The minimum absolute atomic E-state index is 0.197. The Bertz CT molecular complexity index is 868. The van der Waals surface area contributed by atoms with Gasteiger partial charge in [-0.05, 0) is 24.3 Å². The molecule has 0 bridgehead atoms. The van der Waals surface area contributed by atoms with Crippen LogP contribution in [0.1, 0.15) is 5.69 Å². The lowest BCUT2D eigenvalue weighted by atomic mass is 10.3. The topological polar surface area (TPSA) is 69.0 Å². The summed E-state index contributed by atoms with van der Waals surface area (Å²) in [6, 6.07) is 10.1. The Morgan fingerprint density at radius 1 is 1.20 bits per heavy atom. The fourth-order valence-corrected chi connectivity index (χ4v) is 2.09. The maximum Gasteiger partial charge on any atom is 0.263 e. The molecule has 0 aliphatic heterocycles. The normalized spacial score (nSPS) is 10.5. The SMILES string of the molecule is O=C(COc1ccc(F)cc1F)Nc1ccn(Cc2ccccn2)n1. The fourth-order valence-electron chi connectivity index (χ4n) is 2.09. The molecule has 128 valence electrons. The zero-order valence-electron chi connectivity index (χ0n) is 13.0. The van der Waals surface area contributed by atoms with Crippen molar-refractivity contribution in [3.8, 4) is 5.75 Å². The monoisotopic (exact) mass is 344 g/mol. The Morgan fingerprint density at radius 3 is 2.84 bits per heavy atom. The van der Waals surface area contributed by atoms with Crippen LogP contribution in [0.25, 0.3) is 0 Å². The molecule has 0 atom stereocenters. The number of halogens is 2. The molecule has 2 aromatic heterocycles. The molecule has 0 spiro atoms. The molecule has 1 amide bonds. The lowest BCUT2D eigenvalue weighted by Gasteiger charge is -2.07. The van der Waals surface area contributed by atoms with Crippen molar-refractivity contribution in [2.75, 3.05) is 11.9 Å². The molecule has 0 saturated carbocycles. The van der Waals surface area contributed by atoms with Crippen LogP contribution >= 0.6 is 0 Å². The molecule has 8 heteroatoms. The number of ether oxygens (including phenoxy) is 1. The van der Waals surface area contributed by atoms with Gasteiger partial charge in [0.25, 0.3) is 5.91 Å². The number of hydrogen-bond acceptors (Lipinski definition) is 4. The molecule has 25 heavy (non-hydrogen) atoms. The highest BCUT2D eigenvalue weighted by Crippen LogP contribution is 2.17. The second-order valence-electron chi connectivity index (χ2n) is 5.13. The van der Waals surface area contributed by atoms with Crippen molar-refractivity contribution in [1.82, 2.24) is 14.8 Å². The van der Waals surface area contributed by atoms with Crippen molar-refractivity contribution in [3.05, 3.63) is 72.2 Å². The number of amides is 1. The minimum Gasteiger partial charge on any atom is -0.481 e. The molecule has 0 aliphatic carbocycles. The van der Waals surface area contributed by atoms with E-state index in [-0.39, 0.29) is 5.75 Å². The molecule has 0 radical (unpaired) electrons. The van der Waals surface area contributed by atoms with Crippen LogP contribution in [-0.2, 0) is 11.3 Å². The first-order valence-electron chi connectivity index (χ1n) is 7.41. The van der Waals surface area contributed by atoms with Gasteiger partial charge in [0, 0.05) is 24.5 Å². The van der Waals surface area contributed by atoms with Crippen LogP contribution in [0.15, 0.2) is 54.9 Å². The molecule has 6 nitrogen and oxygen atoms in total. The van der Waals surface area contributed by atoms with Crippen LogP contribution in [0.5, 0.6) is 5.75 Å². The van der Waals surface area contributed by atoms with Gasteiger partial charge in [-0.2, -0.15) is 5.10 Å². The van der Waals surface area contributed by atoms with Gasteiger partial charge in [0.05, 0.1) is 12.2 Å². The number of carbonyl (C=O) groups excluding carboxylic acids is 1. The maximum atomic E-state index is 13.4. The summed E-state index contributed by atoms with van der Waals surface area (Å²) in [5.74, 6) is -1.95. The van der Waals surface area contributed by atoms with Crippen LogP contribution in [0, 0.1) is 11.6 Å². The average molecular weight is 344 g/mol. The summed E-state index contributed by atoms with van der Waals surface area (Å²) in [4.78, 5) is 16.0. The largest absolute Gasteiger partial charge is 0.481 e. The predicted octanol–water partition coefficient (Wildman–Crippen LogP) is 2.62. The van der Waals surface area contributed by atoms with E-state index in [0.717, 1.165) is 17.8 Å². The molecule has 1 N–H and O–H groups in total. The summed E-state index contributed by atoms with van der Waals surface area (Å²) in [6.45, 7) is 0.0453. The Kier molecular flexibility index (Phi) is 4.98. The molecule has 0 saturated heterocycles. The molecule has 3 rings (SSSR count). The smallest absolute Gasteiger partial charge is 0.263 e. The first-order chi connectivity index (χ1) is 12.1. The third-order valence-corrected chi connectivity index (χ3v) is 3.21. The van der Waals surface area contributed by atoms with Crippen LogP contribution in [-0.4, -0.2) is 27.3 Å². The lowest BCUT2D eigenvalue weighted by molar-refractivity contribution is -0.118. The number of anilines is 1. The van der Waals surface area contributed by atoms with E-state index in [2.05, 4.69) is 15.4 Å². The van der Waals surface area contributed by atoms with Crippen molar-refractivity contribution < 1.29 is 18.3 Å². The van der Waals surface area contributed by atoms with E-state index in [9.17, 15) is 13.6 Å². The Morgan fingerprint density at radius 2 is 2.08 bits per heavy atom. The number of nitrogens with zero attached hydrogens (tertiary/aromatic N) is 3.